The minimum atomic E-state index is -0.657. The van der Waals surface area contributed by atoms with Crippen LogP contribution in [0.1, 0.15) is 24.8 Å². The van der Waals surface area contributed by atoms with Gasteiger partial charge < -0.3 is 38.3 Å². The van der Waals surface area contributed by atoms with Gasteiger partial charge in [0.2, 0.25) is 18.8 Å². The first kappa shape index (κ1) is 25.0. The van der Waals surface area contributed by atoms with E-state index in [9.17, 15) is 4.79 Å². The van der Waals surface area contributed by atoms with E-state index < -0.39 is 12.3 Å². The molecule has 0 amide bonds. The Morgan fingerprint density at radius 2 is 1.97 bits per heavy atom. The summed E-state index contributed by atoms with van der Waals surface area (Å²) in [7, 11) is 0. The molecule has 0 spiro atoms. The van der Waals surface area contributed by atoms with E-state index in [0.29, 0.717) is 44.3 Å². The number of hydrogen-bond acceptors (Lipinski definition) is 9. The average molecular weight is 465 g/mol. The van der Waals surface area contributed by atoms with Crippen molar-refractivity contribution in [1.29, 1.82) is 0 Å². The monoisotopic (exact) mass is 464 g/mol. The third kappa shape index (κ3) is 6.94. The molecule has 0 bridgehead atoms. The minimum absolute atomic E-state index is 0.0173. The second-order valence-electron chi connectivity index (χ2n) is 7.40. The van der Waals surface area contributed by atoms with Crippen molar-refractivity contribution in [2.24, 2.45) is 5.92 Å². The van der Waals surface area contributed by atoms with Crippen LogP contribution >= 0.6 is 0 Å². The van der Waals surface area contributed by atoms with Gasteiger partial charge in [0.05, 0.1) is 26.4 Å². The van der Waals surface area contributed by atoms with E-state index in [4.69, 9.17) is 38.3 Å². The highest BCUT2D eigenvalue weighted by Gasteiger charge is 2.39. The van der Waals surface area contributed by atoms with Crippen molar-refractivity contribution in [3.05, 3.63) is 48.3 Å². The van der Waals surface area contributed by atoms with Crippen LogP contribution in [0.3, 0.4) is 0 Å². The van der Waals surface area contributed by atoms with Gasteiger partial charge in [0, 0.05) is 25.0 Å². The van der Waals surface area contributed by atoms with Crippen molar-refractivity contribution in [3.8, 4) is 11.5 Å². The Balaban J connectivity index is 1.79. The van der Waals surface area contributed by atoms with Gasteiger partial charge in [-0.15, -0.1) is 0 Å². The Hall–Kier alpha value is -2.59. The summed E-state index contributed by atoms with van der Waals surface area (Å²) >= 11 is 0. The molecule has 0 unspecified atom stereocenters. The number of aliphatic hydroxyl groups is 1. The van der Waals surface area contributed by atoms with E-state index in [-0.39, 0.29) is 44.2 Å². The number of aliphatic hydroxyl groups excluding tert-OH is 1. The molecule has 182 valence electrons. The van der Waals surface area contributed by atoms with E-state index in [1.54, 1.807) is 6.08 Å². The lowest BCUT2D eigenvalue weighted by Crippen LogP contribution is -2.37. The summed E-state index contributed by atoms with van der Waals surface area (Å²) in [6.45, 7) is 7.66. The SMILES string of the molecule is C=CCOC(=O)C1=C[C@@H](c2ccc3c(c2)OCO3)[C@@H](CCOCCOCCO)[C@@H](OCC)O1. The molecule has 0 fully saturated rings. The molecule has 0 saturated carbocycles. The molecule has 9 nitrogen and oxygen atoms in total. The van der Waals surface area contributed by atoms with Gasteiger partial charge in [-0.25, -0.2) is 4.79 Å². The van der Waals surface area contributed by atoms with Gasteiger partial charge in [0.1, 0.15) is 6.61 Å². The normalized spacial score (nSPS) is 21.3. The maximum absolute atomic E-state index is 12.5. The maximum atomic E-state index is 12.5. The number of benzene rings is 1. The topological polar surface area (TPSA) is 102 Å². The standard InChI is InChI=1S/C24H32O9/c1-3-9-30-23(26)22-15-19(17-5-6-20-21(14-17)32-16-31-20)18(24(33-22)29-4-2)7-10-27-12-13-28-11-8-25/h3,5-6,14-15,18-19,24-25H,1,4,7-13,16H2,2H3/t18-,19+,24+/m1/s1. The van der Waals surface area contributed by atoms with E-state index in [2.05, 4.69) is 6.58 Å². The van der Waals surface area contributed by atoms with Gasteiger partial charge in [-0.2, -0.15) is 0 Å². The molecule has 2 aliphatic rings. The largest absolute Gasteiger partial charge is 0.457 e. The third-order valence-electron chi connectivity index (χ3n) is 5.23. The van der Waals surface area contributed by atoms with Gasteiger partial charge in [-0.05, 0) is 37.1 Å². The molecule has 0 radical (unpaired) electrons. The van der Waals surface area contributed by atoms with Crippen LogP contribution in [0.15, 0.2) is 42.7 Å². The molecular weight excluding hydrogens is 432 g/mol. The van der Waals surface area contributed by atoms with Crippen LogP contribution < -0.4 is 9.47 Å². The molecule has 1 N–H and O–H groups in total. The fraction of sp³-hybridized carbons (Fsp3) is 0.542. The summed E-state index contributed by atoms with van der Waals surface area (Å²) in [4.78, 5) is 12.5. The highest BCUT2D eigenvalue weighted by molar-refractivity contribution is 5.86. The molecule has 2 aliphatic heterocycles. The number of esters is 1. The summed E-state index contributed by atoms with van der Waals surface area (Å²) in [5.41, 5.74) is 0.942. The molecule has 9 heteroatoms. The average Bonchev–Trinajstić information content (AvgIpc) is 3.30. The Labute approximate surface area is 193 Å². The van der Waals surface area contributed by atoms with Crippen molar-refractivity contribution >= 4 is 5.97 Å². The first-order valence-corrected chi connectivity index (χ1v) is 11.1. The number of allylic oxidation sites excluding steroid dienone is 1. The van der Waals surface area contributed by atoms with Crippen LogP contribution in [0.2, 0.25) is 0 Å². The van der Waals surface area contributed by atoms with Gasteiger partial charge in [0.15, 0.2) is 11.5 Å². The second-order valence-corrected chi connectivity index (χ2v) is 7.40. The Morgan fingerprint density at radius 1 is 1.18 bits per heavy atom. The number of fused-ring (bicyclic) bond motifs is 1. The van der Waals surface area contributed by atoms with E-state index in [1.807, 2.05) is 25.1 Å². The van der Waals surface area contributed by atoms with Crippen LogP contribution in [0.25, 0.3) is 0 Å². The Kier molecular flexibility index (Phi) is 10.0. The molecule has 3 rings (SSSR count). The van der Waals surface area contributed by atoms with Gasteiger partial charge >= 0.3 is 5.97 Å². The Bertz CT molecular complexity index is 807. The van der Waals surface area contributed by atoms with Gasteiger partial charge in [0.25, 0.3) is 0 Å². The first-order chi connectivity index (χ1) is 16.2. The molecule has 0 saturated heterocycles. The number of rotatable bonds is 14. The highest BCUT2D eigenvalue weighted by Crippen LogP contribution is 2.42. The molecule has 33 heavy (non-hydrogen) atoms. The Morgan fingerprint density at radius 3 is 2.73 bits per heavy atom. The first-order valence-electron chi connectivity index (χ1n) is 11.1. The van der Waals surface area contributed by atoms with Crippen LogP contribution in [0.4, 0.5) is 0 Å². The summed E-state index contributed by atoms with van der Waals surface area (Å²) in [5.74, 6) is 0.551. The molecule has 2 heterocycles. The fourth-order valence-electron chi connectivity index (χ4n) is 3.74. The maximum Gasteiger partial charge on any atom is 0.373 e. The zero-order chi connectivity index (χ0) is 23.5. The number of ether oxygens (including phenoxy) is 7. The zero-order valence-electron chi connectivity index (χ0n) is 18.9. The highest BCUT2D eigenvalue weighted by atomic mass is 16.7. The van der Waals surface area contributed by atoms with Crippen molar-refractivity contribution in [3.63, 3.8) is 0 Å². The number of carbonyl (C=O) groups excluding carboxylic acids is 1. The third-order valence-corrected chi connectivity index (χ3v) is 5.23. The van der Waals surface area contributed by atoms with Crippen molar-refractivity contribution < 1.29 is 43.1 Å². The molecule has 1 aromatic carbocycles. The predicted octanol–water partition coefficient (Wildman–Crippen LogP) is 2.54. The smallest absolute Gasteiger partial charge is 0.373 e. The van der Waals surface area contributed by atoms with Crippen molar-refractivity contribution in [2.75, 3.05) is 53.0 Å². The number of carbonyl (C=O) groups is 1. The summed E-state index contributed by atoms with van der Waals surface area (Å²) in [6, 6.07) is 5.73. The lowest BCUT2D eigenvalue weighted by molar-refractivity contribution is -0.176. The summed E-state index contributed by atoms with van der Waals surface area (Å²) < 4.78 is 38.9. The van der Waals surface area contributed by atoms with E-state index in [0.717, 1.165) is 5.56 Å². The number of hydrogen-bond donors (Lipinski definition) is 1. The van der Waals surface area contributed by atoms with Crippen molar-refractivity contribution in [2.45, 2.75) is 25.6 Å². The van der Waals surface area contributed by atoms with E-state index in [1.165, 1.54) is 6.08 Å². The quantitative estimate of drug-likeness (QED) is 0.253. The molecule has 0 aromatic heterocycles. The lowest BCUT2D eigenvalue weighted by Gasteiger charge is -2.36. The van der Waals surface area contributed by atoms with Gasteiger partial charge in [-0.1, -0.05) is 18.7 Å². The molecule has 3 atom stereocenters. The predicted molar refractivity (Wildman–Crippen MR) is 118 cm³/mol. The fourth-order valence-corrected chi connectivity index (χ4v) is 3.74. The summed E-state index contributed by atoms with van der Waals surface area (Å²) in [5, 5.41) is 8.77. The molecule has 1 aromatic rings. The van der Waals surface area contributed by atoms with Crippen molar-refractivity contribution in [1.82, 2.24) is 0 Å². The van der Waals surface area contributed by atoms with E-state index >= 15 is 0 Å². The lowest BCUT2D eigenvalue weighted by atomic mass is 9.81. The summed E-state index contributed by atoms with van der Waals surface area (Å²) in [6.07, 6.45) is 3.24. The van der Waals surface area contributed by atoms with Crippen LogP contribution in [-0.4, -0.2) is 70.4 Å². The zero-order valence-corrected chi connectivity index (χ0v) is 18.9. The van der Waals surface area contributed by atoms with Crippen LogP contribution in [-0.2, 0) is 28.5 Å². The van der Waals surface area contributed by atoms with Crippen LogP contribution in [0, 0.1) is 5.92 Å². The minimum Gasteiger partial charge on any atom is -0.457 e. The molecular formula is C24H32O9. The van der Waals surface area contributed by atoms with Gasteiger partial charge in [-0.3, -0.25) is 0 Å². The second kappa shape index (κ2) is 13.2. The molecule has 0 aliphatic carbocycles. The van der Waals surface area contributed by atoms with Crippen LogP contribution in [0.5, 0.6) is 11.5 Å².